The zero-order chi connectivity index (χ0) is 12.1. The maximum atomic E-state index is 5.85. The van der Waals surface area contributed by atoms with Crippen molar-refractivity contribution in [1.82, 2.24) is 0 Å². The summed E-state index contributed by atoms with van der Waals surface area (Å²) in [5.74, 6) is 2.09. The molecule has 2 aromatic rings. The average molecular weight is 375 g/mol. The van der Waals surface area contributed by atoms with Crippen molar-refractivity contribution in [1.29, 1.82) is 0 Å². The highest BCUT2D eigenvalue weighted by atomic mass is 127. The standard InChI is InChI=1S/C14H12ClIS/c15-13-5-1-11(2-6-13)9-17-10-12-3-7-14(16)8-4-12/h1-8H,9-10H2. The van der Waals surface area contributed by atoms with Crippen molar-refractivity contribution in [3.05, 3.63) is 68.3 Å². The van der Waals surface area contributed by atoms with Crippen LogP contribution in [0.2, 0.25) is 5.02 Å². The average Bonchev–Trinajstić information content (AvgIpc) is 2.34. The Hall–Kier alpha value is -0.190. The molecule has 0 fully saturated rings. The molecule has 17 heavy (non-hydrogen) atoms. The largest absolute Gasteiger partial charge is 0.152 e. The molecule has 0 atom stereocenters. The maximum Gasteiger partial charge on any atom is 0.0406 e. The Balaban J connectivity index is 1.83. The third kappa shape index (κ3) is 4.53. The highest BCUT2D eigenvalue weighted by Crippen LogP contribution is 2.19. The van der Waals surface area contributed by atoms with E-state index in [0.29, 0.717) is 0 Å². The molecule has 2 aromatic carbocycles. The van der Waals surface area contributed by atoms with Crippen LogP contribution in [0.3, 0.4) is 0 Å². The Morgan fingerprint density at radius 2 is 1.29 bits per heavy atom. The van der Waals surface area contributed by atoms with E-state index in [0.717, 1.165) is 16.5 Å². The first-order valence-corrected chi connectivity index (χ1v) is 7.92. The predicted octanol–water partition coefficient (Wildman–Crippen LogP) is 5.38. The van der Waals surface area contributed by atoms with Crippen LogP contribution in [0.1, 0.15) is 11.1 Å². The summed E-state index contributed by atoms with van der Waals surface area (Å²) in [6.45, 7) is 0. The van der Waals surface area contributed by atoms with Crippen LogP contribution >= 0.6 is 46.0 Å². The molecule has 0 amide bonds. The molecule has 0 spiro atoms. The van der Waals surface area contributed by atoms with Crippen LogP contribution in [0.25, 0.3) is 0 Å². The smallest absolute Gasteiger partial charge is 0.0406 e. The molecule has 3 heteroatoms. The van der Waals surface area contributed by atoms with Gasteiger partial charge in [-0.1, -0.05) is 35.9 Å². The number of benzene rings is 2. The van der Waals surface area contributed by atoms with E-state index in [9.17, 15) is 0 Å². The molecule has 0 aromatic heterocycles. The normalized spacial score (nSPS) is 10.5. The van der Waals surface area contributed by atoms with Gasteiger partial charge in [-0.25, -0.2) is 0 Å². The number of rotatable bonds is 4. The van der Waals surface area contributed by atoms with Crippen molar-refractivity contribution < 1.29 is 0 Å². The molecule has 0 unspecified atom stereocenters. The zero-order valence-corrected chi connectivity index (χ0v) is 12.9. The van der Waals surface area contributed by atoms with Gasteiger partial charge in [-0.2, -0.15) is 11.8 Å². The van der Waals surface area contributed by atoms with E-state index in [-0.39, 0.29) is 0 Å². The fourth-order valence-corrected chi connectivity index (χ4v) is 2.89. The molecule has 2 rings (SSSR count). The topological polar surface area (TPSA) is 0 Å². The van der Waals surface area contributed by atoms with Crippen LogP contribution in [-0.4, -0.2) is 0 Å². The van der Waals surface area contributed by atoms with Gasteiger partial charge in [-0.15, -0.1) is 0 Å². The van der Waals surface area contributed by atoms with Crippen LogP contribution in [-0.2, 0) is 11.5 Å². The third-order valence-corrected chi connectivity index (χ3v) is 4.41. The molecule has 0 bridgehead atoms. The molecule has 0 radical (unpaired) electrons. The van der Waals surface area contributed by atoms with Gasteiger partial charge in [0.1, 0.15) is 0 Å². The summed E-state index contributed by atoms with van der Waals surface area (Å²) < 4.78 is 1.29. The molecule has 0 aliphatic rings. The first-order valence-electron chi connectivity index (χ1n) is 5.31. The Morgan fingerprint density at radius 3 is 1.82 bits per heavy atom. The summed E-state index contributed by atoms with van der Waals surface area (Å²) in [6.07, 6.45) is 0. The Morgan fingerprint density at radius 1 is 0.824 bits per heavy atom. The van der Waals surface area contributed by atoms with E-state index in [1.54, 1.807) is 0 Å². The van der Waals surface area contributed by atoms with Crippen LogP contribution in [0.15, 0.2) is 48.5 Å². The van der Waals surface area contributed by atoms with Crippen molar-refractivity contribution >= 4 is 46.0 Å². The molecule has 0 heterocycles. The first-order chi connectivity index (χ1) is 8.24. The van der Waals surface area contributed by atoms with E-state index in [1.807, 2.05) is 23.9 Å². The van der Waals surface area contributed by atoms with Crippen molar-refractivity contribution in [3.8, 4) is 0 Å². The number of hydrogen-bond acceptors (Lipinski definition) is 1. The monoisotopic (exact) mass is 374 g/mol. The van der Waals surface area contributed by atoms with Gasteiger partial charge in [-0.05, 0) is 58.0 Å². The SMILES string of the molecule is Clc1ccc(CSCc2ccc(I)cc2)cc1. The van der Waals surface area contributed by atoms with Gasteiger partial charge in [0.2, 0.25) is 0 Å². The minimum atomic E-state index is 0.802. The van der Waals surface area contributed by atoms with Crippen molar-refractivity contribution in [2.24, 2.45) is 0 Å². The third-order valence-electron chi connectivity index (χ3n) is 2.36. The predicted molar refractivity (Wildman–Crippen MR) is 85.6 cm³/mol. The van der Waals surface area contributed by atoms with Gasteiger partial charge in [-0.3, -0.25) is 0 Å². The Bertz CT molecular complexity index is 419. The minimum absolute atomic E-state index is 0.802. The maximum absolute atomic E-state index is 5.85. The quantitative estimate of drug-likeness (QED) is 0.648. The van der Waals surface area contributed by atoms with Crippen LogP contribution in [0.5, 0.6) is 0 Å². The second kappa shape index (κ2) is 6.66. The van der Waals surface area contributed by atoms with Crippen LogP contribution in [0, 0.1) is 3.57 Å². The lowest BCUT2D eigenvalue weighted by atomic mass is 10.2. The van der Waals surface area contributed by atoms with E-state index in [2.05, 4.69) is 59.0 Å². The fraction of sp³-hybridized carbons (Fsp3) is 0.143. The summed E-state index contributed by atoms with van der Waals surface area (Å²) in [5.41, 5.74) is 2.70. The fourth-order valence-electron chi connectivity index (χ4n) is 1.45. The lowest BCUT2D eigenvalue weighted by Crippen LogP contribution is -1.83. The van der Waals surface area contributed by atoms with E-state index in [1.165, 1.54) is 14.7 Å². The van der Waals surface area contributed by atoms with Crippen LogP contribution in [0.4, 0.5) is 0 Å². The molecule has 0 aliphatic heterocycles. The van der Waals surface area contributed by atoms with Gasteiger partial charge < -0.3 is 0 Å². The molecular formula is C14H12ClIS. The van der Waals surface area contributed by atoms with E-state index in [4.69, 9.17) is 11.6 Å². The van der Waals surface area contributed by atoms with Gasteiger partial charge in [0.25, 0.3) is 0 Å². The highest BCUT2D eigenvalue weighted by Gasteiger charge is 1.96. The second-order valence-electron chi connectivity index (χ2n) is 3.75. The molecule has 0 saturated heterocycles. The van der Waals surface area contributed by atoms with Crippen molar-refractivity contribution in [2.75, 3.05) is 0 Å². The zero-order valence-electron chi connectivity index (χ0n) is 9.20. The van der Waals surface area contributed by atoms with Gasteiger partial charge >= 0.3 is 0 Å². The number of halogens is 2. The second-order valence-corrected chi connectivity index (χ2v) is 6.41. The van der Waals surface area contributed by atoms with Crippen molar-refractivity contribution in [3.63, 3.8) is 0 Å². The minimum Gasteiger partial charge on any atom is -0.152 e. The summed E-state index contributed by atoms with van der Waals surface area (Å²) in [7, 11) is 0. The number of hydrogen-bond donors (Lipinski definition) is 0. The molecule has 0 N–H and O–H groups in total. The molecule has 0 nitrogen and oxygen atoms in total. The summed E-state index contributed by atoms with van der Waals surface area (Å²) in [5, 5.41) is 0.802. The first kappa shape index (κ1) is 13.2. The van der Waals surface area contributed by atoms with Gasteiger partial charge in [0, 0.05) is 20.1 Å². The van der Waals surface area contributed by atoms with Gasteiger partial charge in [0.15, 0.2) is 0 Å². The molecule has 88 valence electrons. The molecule has 0 saturated carbocycles. The lowest BCUT2D eigenvalue weighted by molar-refractivity contribution is 1.36. The van der Waals surface area contributed by atoms with E-state index >= 15 is 0 Å². The van der Waals surface area contributed by atoms with E-state index < -0.39 is 0 Å². The van der Waals surface area contributed by atoms with Crippen molar-refractivity contribution in [2.45, 2.75) is 11.5 Å². The highest BCUT2D eigenvalue weighted by molar-refractivity contribution is 14.1. The summed E-state index contributed by atoms with van der Waals surface area (Å²) in [4.78, 5) is 0. The Labute approximate surface area is 125 Å². The lowest BCUT2D eigenvalue weighted by Gasteiger charge is -2.03. The number of thioether (sulfide) groups is 1. The summed E-state index contributed by atoms with van der Waals surface area (Å²) >= 11 is 10.1. The van der Waals surface area contributed by atoms with Gasteiger partial charge in [0.05, 0.1) is 0 Å². The Kier molecular flexibility index (Phi) is 5.19. The van der Waals surface area contributed by atoms with Crippen LogP contribution < -0.4 is 0 Å². The molecular weight excluding hydrogens is 363 g/mol. The summed E-state index contributed by atoms with van der Waals surface area (Å²) in [6, 6.07) is 16.8. The molecule has 0 aliphatic carbocycles.